The van der Waals surface area contributed by atoms with E-state index in [2.05, 4.69) is 57.2 Å². The van der Waals surface area contributed by atoms with Crippen LogP contribution in [0.3, 0.4) is 0 Å². The summed E-state index contributed by atoms with van der Waals surface area (Å²) in [6.07, 6.45) is 1.09. The molecule has 1 aromatic carbocycles. The van der Waals surface area contributed by atoms with Crippen LogP contribution in [0.5, 0.6) is 0 Å². The van der Waals surface area contributed by atoms with Crippen LogP contribution in [0.15, 0.2) is 36.4 Å². The summed E-state index contributed by atoms with van der Waals surface area (Å²) >= 11 is 1.85. The lowest BCUT2D eigenvalue weighted by Crippen LogP contribution is -2.26. The first-order chi connectivity index (χ1) is 8.56. The maximum absolute atomic E-state index is 5.83. The van der Waals surface area contributed by atoms with Gasteiger partial charge in [-0.2, -0.15) is 0 Å². The molecule has 0 radical (unpaired) electrons. The van der Waals surface area contributed by atoms with Gasteiger partial charge in [0.15, 0.2) is 0 Å². The smallest absolute Gasteiger partial charge is 0.0345 e. The zero-order chi connectivity index (χ0) is 13.2. The maximum atomic E-state index is 5.83. The van der Waals surface area contributed by atoms with Gasteiger partial charge in [-0.25, -0.2) is 0 Å². The highest BCUT2D eigenvalue weighted by Crippen LogP contribution is 2.34. The van der Waals surface area contributed by atoms with E-state index in [9.17, 15) is 0 Å². The second-order valence-electron chi connectivity index (χ2n) is 5.30. The molecular weight excluding hydrogens is 238 g/mol. The van der Waals surface area contributed by atoms with Gasteiger partial charge in [-0.1, -0.05) is 45.0 Å². The van der Waals surface area contributed by atoms with E-state index < -0.39 is 0 Å². The van der Waals surface area contributed by atoms with Crippen LogP contribution in [-0.4, -0.2) is 6.54 Å². The van der Waals surface area contributed by atoms with Crippen molar-refractivity contribution >= 4 is 11.3 Å². The van der Waals surface area contributed by atoms with E-state index in [1.54, 1.807) is 0 Å². The predicted molar refractivity (Wildman–Crippen MR) is 81.2 cm³/mol. The highest BCUT2D eigenvalue weighted by atomic mass is 32.1. The average molecular weight is 259 g/mol. The molecule has 96 valence electrons. The van der Waals surface area contributed by atoms with Gasteiger partial charge in [0.05, 0.1) is 0 Å². The molecule has 0 unspecified atom stereocenters. The molecule has 0 amide bonds. The molecule has 0 fully saturated rings. The summed E-state index contributed by atoms with van der Waals surface area (Å²) in [5.41, 5.74) is 8.60. The third-order valence-electron chi connectivity index (χ3n) is 3.43. The van der Waals surface area contributed by atoms with Crippen molar-refractivity contribution in [3.63, 3.8) is 0 Å². The van der Waals surface area contributed by atoms with E-state index in [0.717, 1.165) is 6.42 Å². The average Bonchev–Trinajstić information content (AvgIpc) is 2.89. The van der Waals surface area contributed by atoms with Crippen LogP contribution in [0.25, 0.3) is 10.4 Å². The summed E-state index contributed by atoms with van der Waals surface area (Å²) in [5.74, 6) is 0. The molecule has 1 nitrogen and oxygen atoms in total. The second-order valence-corrected chi connectivity index (χ2v) is 6.39. The third kappa shape index (κ3) is 2.65. The molecule has 0 spiro atoms. The minimum Gasteiger partial charge on any atom is -0.330 e. The lowest BCUT2D eigenvalue weighted by atomic mass is 9.92. The Kier molecular flexibility index (Phi) is 3.88. The van der Waals surface area contributed by atoms with Crippen molar-refractivity contribution in [2.75, 3.05) is 6.54 Å². The number of nitrogens with two attached hydrogens (primary N) is 1. The van der Waals surface area contributed by atoms with Crippen LogP contribution in [0.1, 0.15) is 31.2 Å². The molecule has 0 atom stereocenters. The van der Waals surface area contributed by atoms with Crippen LogP contribution >= 0.6 is 11.3 Å². The van der Waals surface area contributed by atoms with Gasteiger partial charge >= 0.3 is 0 Å². The molecule has 0 aliphatic rings. The van der Waals surface area contributed by atoms with E-state index in [-0.39, 0.29) is 5.41 Å². The first-order valence-electron chi connectivity index (χ1n) is 6.46. The first kappa shape index (κ1) is 13.3. The largest absolute Gasteiger partial charge is 0.330 e. The molecule has 18 heavy (non-hydrogen) atoms. The zero-order valence-corrected chi connectivity index (χ0v) is 12.2. The topological polar surface area (TPSA) is 26.0 Å². The van der Waals surface area contributed by atoms with E-state index in [4.69, 9.17) is 5.73 Å². The van der Waals surface area contributed by atoms with Crippen molar-refractivity contribution < 1.29 is 0 Å². The maximum Gasteiger partial charge on any atom is 0.0345 e. The Morgan fingerprint density at radius 1 is 1.06 bits per heavy atom. The van der Waals surface area contributed by atoms with Gasteiger partial charge in [0, 0.05) is 21.7 Å². The zero-order valence-electron chi connectivity index (χ0n) is 11.4. The number of hydrogen-bond donors (Lipinski definition) is 1. The summed E-state index contributed by atoms with van der Waals surface area (Å²) in [7, 11) is 0. The highest BCUT2D eigenvalue weighted by Gasteiger charge is 2.20. The summed E-state index contributed by atoms with van der Waals surface area (Å²) in [6.45, 7) is 7.26. The Balaban J connectivity index is 2.29. The van der Waals surface area contributed by atoms with E-state index in [1.165, 1.54) is 20.9 Å². The standard InChI is InChI=1S/C16H21NS/c1-4-12-5-7-13(8-6-12)14-9-10-15(18-14)16(2,3)11-17/h5-10H,4,11,17H2,1-3H3. The van der Waals surface area contributed by atoms with Crippen LogP contribution in [0.4, 0.5) is 0 Å². The number of benzene rings is 1. The predicted octanol–water partition coefficient (Wildman–Crippen LogP) is 4.21. The molecule has 1 heterocycles. The summed E-state index contributed by atoms with van der Waals surface area (Å²) in [4.78, 5) is 2.69. The Morgan fingerprint density at radius 3 is 2.28 bits per heavy atom. The summed E-state index contributed by atoms with van der Waals surface area (Å²) in [5, 5.41) is 0. The Bertz CT molecular complexity index is 508. The molecule has 1 aromatic heterocycles. The van der Waals surface area contributed by atoms with Gasteiger partial charge in [-0.3, -0.25) is 0 Å². The Morgan fingerprint density at radius 2 is 1.72 bits per heavy atom. The molecule has 0 bridgehead atoms. The molecule has 2 N–H and O–H groups in total. The summed E-state index contributed by atoms with van der Waals surface area (Å²) < 4.78 is 0. The number of aryl methyl sites for hydroxylation is 1. The monoisotopic (exact) mass is 259 g/mol. The minimum absolute atomic E-state index is 0.0757. The Hall–Kier alpha value is -1.12. The lowest BCUT2D eigenvalue weighted by Gasteiger charge is -2.20. The molecule has 0 aliphatic carbocycles. The van der Waals surface area contributed by atoms with Gasteiger partial charge in [-0.15, -0.1) is 11.3 Å². The van der Waals surface area contributed by atoms with Gasteiger partial charge in [0.25, 0.3) is 0 Å². The minimum atomic E-state index is 0.0757. The van der Waals surface area contributed by atoms with E-state index >= 15 is 0 Å². The van der Waals surface area contributed by atoms with Crippen LogP contribution in [0.2, 0.25) is 0 Å². The first-order valence-corrected chi connectivity index (χ1v) is 7.28. The Labute approximate surface area is 114 Å². The van der Waals surface area contributed by atoms with E-state index in [1.807, 2.05) is 11.3 Å². The molecule has 0 saturated carbocycles. The van der Waals surface area contributed by atoms with Crippen LogP contribution in [-0.2, 0) is 11.8 Å². The molecule has 2 aromatic rings. The molecule has 2 rings (SSSR count). The van der Waals surface area contributed by atoms with Crippen molar-refractivity contribution in [2.45, 2.75) is 32.6 Å². The number of thiophene rings is 1. The molecule has 0 saturated heterocycles. The molecular formula is C16H21NS. The van der Waals surface area contributed by atoms with Crippen molar-refractivity contribution in [2.24, 2.45) is 5.73 Å². The fourth-order valence-corrected chi connectivity index (χ4v) is 2.98. The third-order valence-corrected chi connectivity index (χ3v) is 4.93. The normalized spacial score (nSPS) is 11.8. The van der Waals surface area contributed by atoms with Crippen molar-refractivity contribution in [1.82, 2.24) is 0 Å². The SMILES string of the molecule is CCc1ccc(-c2ccc(C(C)(C)CN)s2)cc1. The summed E-state index contributed by atoms with van der Waals surface area (Å²) in [6, 6.07) is 13.3. The fourth-order valence-electron chi connectivity index (χ4n) is 1.86. The molecule has 0 aliphatic heterocycles. The van der Waals surface area contributed by atoms with Crippen molar-refractivity contribution in [1.29, 1.82) is 0 Å². The fraction of sp³-hybridized carbons (Fsp3) is 0.375. The number of hydrogen-bond acceptors (Lipinski definition) is 2. The van der Waals surface area contributed by atoms with Gasteiger partial charge in [0.1, 0.15) is 0 Å². The van der Waals surface area contributed by atoms with Crippen molar-refractivity contribution in [3.05, 3.63) is 46.8 Å². The van der Waals surface area contributed by atoms with Gasteiger partial charge < -0.3 is 5.73 Å². The van der Waals surface area contributed by atoms with Crippen LogP contribution in [0, 0.1) is 0 Å². The lowest BCUT2D eigenvalue weighted by molar-refractivity contribution is 0.550. The van der Waals surface area contributed by atoms with Crippen molar-refractivity contribution in [3.8, 4) is 10.4 Å². The van der Waals surface area contributed by atoms with Gasteiger partial charge in [0.2, 0.25) is 0 Å². The van der Waals surface area contributed by atoms with Crippen LogP contribution < -0.4 is 5.73 Å². The molecule has 2 heteroatoms. The number of rotatable bonds is 4. The quantitative estimate of drug-likeness (QED) is 0.874. The highest BCUT2D eigenvalue weighted by molar-refractivity contribution is 7.15. The van der Waals surface area contributed by atoms with E-state index in [0.29, 0.717) is 6.54 Å². The van der Waals surface area contributed by atoms with Gasteiger partial charge in [-0.05, 0) is 29.7 Å². The second kappa shape index (κ2) is 5.25.